The predicted molar refractivity (Wildman–Crippen MR) is 225 cm³/mol. The number of benzene rings is 3. The van der Waals surface area contributed by atoms with Gasteiger partial charge in [-0.25, -0.2) is 18.2 Å². The van der Waals surface area contributed by atoms with E-state index in [2.05, 4.69) is 23.8 Å². The summed E-state index contributed by atoms with van der Waals surface area (Å²) >= 11 is 0. The number of aromatic nitrogens is 1. The molecule has 1 saturated heterocycles. The van der Waals surface area contributed by atoms with Crippen LogP contribution in [0.4, 0.5) is 4.79 Å². The Morgan fingerprint density at radius 2 is 1.69 bits per heavy atom. The summed E-state index contributed by atoms with van der Waals surface area (Å²) in [5.74, 6) is -3.86. The van der Waals surface area contributed by atoms with Gasteiger partial charge in [0, 0.05) is 42.0 Å². The first-order valence-electron chi connectivity index (χ1n) is 19.4. The third-order valence-corrected chi connectivity index (χ3v) is 11.9. The van der Waals surface area contributed by atoms with E-state index < -0.39 is 81.5 Å². The van der Waals surface area contributed by atoms with Crippen LogP contribution in [-0.2, 0) is 33.9 Å². The fraction of sp³-hybridized carbons (Fsp3) is 0.318. The first-order valence-corrected chi connectivity index (χ1v) is 20.9. The largest absolute Gasteiger partial charge is 0.497 e. The van der Waals surface area contributed by atoms with Crippen molar-refractivity contribution < 1.29 is 46.6 Å². The number of nitrogens with two attached hydrogens (primary N) is 1. The first kappa shape index (κ1) is 44.0. The number of rotatable bonds is 14. The van der Waals surface area contributed by atoms with Crippen molar-refractivity contribution in [2.24, 2.45) is 11.7 Å². The van der Waals surface area contributed by atoms with E-state index in [1.165, 1.54) is 37.5 Å². The molecule has 0 bridgehead atoms. The van der Waals surface area contributed by atoms with Gasteiger partial charge in [0.05, 0.1) is 29.8 Å². The molecule has 2 aliphatic rings. The van der Waals surface area contributed by atoms with E-state index in [9.17, 15) is 27.6 Å². The van der Waals surface area contributed by atoms with Gasteiger partial charge in [0.2, 0.25) is 11.8 Å². The van der Waals surface area contributed by atoms with E-state index in [-0.39, 0.29) is 28.6 Å². The van der Waals surface area contributed by atoms with Crippen molar-refractivity contribution in [2.75, 3.05) is 20.2 Å². The van der Waals surface area contributed by atoms with Crippen molar-refractivity contribution in [3.63, 3.8) is 0 Å². The lowest BCUT2D eigenvalue weighted by Crippen LogP contribution is -2.60. The number of imide groups is 1. The lowest BCUT2D eigenvalue weighted by Gasteiger charge is -2.32. The van der Waals surface area contributed by atoms with Gasteiger partial charge in [-0.05, 0) is 57.5 Å². The topological polar surface area (TPSA) is 217 Å². The van der Waals surface area contributed by atoms with Crippen molar-refractivity contribution in [1.29, 1.82) is 0 Å². The number of fused-ring (bicyclic) bond motifs is 1. The molecule has 2 heterocycles. The van der Waals surface area contributed by atoms with Crippen LogP contribution in [0.1, 0.15) is 33.6 Å². The average Bonchev–Trinajstić information content (AvgIpc) is 3.75. The van der Waals surface area contributed by atoms with Gasteiger partial charge in [0.15, 0.2) is 0 Å². The molecule has 1 unspecified atom stereocenters. The summed E-state index contributed by atoms with van der Waals surface area (Å²) in [6.07, 6.45) is 0.0571. The van der Waals surface area contributed by atoms with E-state index in [1.54, 1.807) is 51.1 Å². The Morgan fingerprint density at radius 3 is 2.30 bits per heavy atom. The van der Waals surface area contributed by atoms with Crippen molar-refractivity contribution in [3.05, 3.63) is 110 Å². The minimum Gasteiger partial charge on any atom is -0.497 e. The summed E-state index contributed by atoms with van der Waals surface area (Å²) < 4.78 is 46.4. The second-order valence-corrected chi connectivity index (χ2v) is 17.5. The van der Waals surface area contributed by atoms with Gasteiger partial charge >= 0.3 is 6.09 Å². The Kier molecular flexibility index (Phi) is 12.7. The number of nitrogens with zero attached hydrogens (tertiary/aromatic N) is 3. The molecular formula is C44H48N6O10S. The maximum atomic E-state index is 15.0. The van der Waals surface area contributed by atoms with Crippen LogP contribution >= 0.6 is 0 Å². The molecule has 4 aromatic rings. The van der Waals surface area contributed by atoms with E-state index in [0.717, 1.165) is 16.5 Å². The number of likely N-dealkylation sites (tertiary alicyclic amines) is 1. The summed E-state index contributed by atoms with van der Waals surface area (Å²) in [5.41, 5.74) is 5.49. The number of methoxy groups -OCH3 is 1. The lowest BCUT2D eigenvalue weighted by atomic mass is 10.1. The molecule has 0 spiro atoms. The van der Waals surface area contributed by atoms with E-state index in [1.807, 2.05) is 30.3 Å². The normalized spacial score (nSPS) is 20.1. The van der Waals surface area contributed by atoms with Crippen LogP contribution in [0.3, 0.4) is 0 Å². The molecule has 1 aromatic heterocycles. The molecule has 4 N–H and O–H groups in total. The number of carbonyl (C=O) groups excluding carboxylic acids is 5. The number of carbonyl (C=O) groups is 5. The molecule has 0 radical (unpaired) electrons. The van der Waals surface area contributed by atoms with Crippen LogP contribution in [0.5, 0.6) is 11.5 Å². The SMILES string of the molecule is C=CC(=O)NC[C@H](NC(=O)OC(C)(C)C)C(=O)N1CC(Oc2cc(-c3ccccc3)nc3cc(OC)ccc23)C[C@H]1C(=O)N(C(=O)[C@@]1(N)C[C@H]1C=C)S(=O)(=O)c1ccccc1. The Balaban J connectivity index is 1.45. The van der Waals surface area contributed by atoms with Crippen LogP contribution in [0, 0.1) is 5.92 Å². The lowest BCUT2D eigenvalue weighted by molar-refractivity contribution is -0.147. The zero-order chi connectivity index (χ0) is 44.3. The van der Waals surface area contributed by atoms with Crippen molar-refractivity contribution >= 4 is 50.6 Å². The highest BCUT2D eigenvalue weighted by molar-refractivity contribution is 7.90. The van der Waals surface area contributed by atoms with Gasteiger partial charge in [-0.3, -0.25) is 19.2 Å². The molecule has 1 saturated carbocycles. The Bertz CT molecular complexity index is 2480. The molecule has 16 nitrogen and oxygen atoms in total. The Labute approximate surface area is 353 Å². The smallest absolute Gasteiger partial charge is 0.408 e. The van der Waals surface area contributed by atoms with Gasteiger partial charge in [0.25, 0.3) is 21.8 Å². The highest BCUT2D eigenvalue weighted by Crippen LogP contribution is 2.45. The molecule has 1 aliphatic carbocycles. The molecule has 5 atom stereocenters. The third-order valence-electron chi connectivity index (χ3n) is 10.2. The van der Waals surface area contributed by atoms with Crippen molar-refractivity contribution in [2.45, 2.75) is 67.8 Å². The number of alkyl carbamates (subject to hydrolysis) is 1. The summed E-state index contributed by atoms with van der Waals surface area (Å²) in [7, 11) is -3.41. The van der Waals surface area contributed by atoms with Crippen LogP contribution in [-0.4, -0.2) is 102 Å². The second-order valence-electron chi connectivity index (χ2n) is 15.7. The Morgan fingerprint density at radius 1 is 1.02 bits per heavy atom. The van der Waals surface area contributed by atoms with Crippen molar-refractivity contribution in [3.8, 4) is 22.8 Å². The van der Waals surface area contributed by atoms with Gasteiger partial charge < -0.3 is 35.5 Å². The Hall–Kier alpha value is -6.59. The molecule has 61 heavy (non-hydrogen) atoms. The van der Waals surface area contributed by atoms with Gasteiger partial charge in [-0.15, -0.1) is 6.58 Å². The summed E-state index contributed by atoms with van der Waals surface area (Å²) in [6, 6.07) is 19.8. The quantitative estimate of drug-likeness (QED) is 0.0929. The second kappa shape index (κ2) is 17.6. The number of hydrogen-bond acceptors (Lipinski definition) is 12. The first-order chi connectivity index (χ1) is 28.9. The fourth-order valence-corrected chi connectivity index (χ4v) is 8.48. The summed E-state index contributed by atoms with van der Waals surface area (Å²) in [5, 5.41) is 5.51. The number of amides is 5. The molecule has 2 fully saturated rings. The zero-order valence-corrected chi connectivity index (χ0v) is 35.0. The molecule has 17 heteroatoms. The number of pyridine rings is 1. The van der Waals surface area contributed by atoms with Crippen LogP contribution in [0.15, 0.2) is 115 Å². The minimum absolute atomic E-state index is 0.0248. The third kappa shape index (κ3) is 9.58. The van der Waals surface area contributed by atoms with Gasteiger partial charge in [-0.2, -0.15) is 4.31 Å². The van der Waals surface area contributed by atoms with Crippen LogP contribution < -0.4 is 25.8 Å². The van der Waals surface area contributed by atoms with Crippen molar-refractivity contribution in [1.82, 2.24) is 24.8 Å². The maximum absolute atomic E-state index is 15.0. The summed E-state index contributed by atoms with van der Waals surface area (Å²) in [6.45, 7) is 11.1. The monoisotopic (exact) mass is 852 g/mol. The van der Waals surface area contributed by atoms with Crippen LogP contribution in [0.25, 0.3) is 22.2 Å². The average molecular weight is 853 g/mol. The maximum Gasteiger partial charge on any atom is 0.408 e. The predicted octanol–water partition coefficient (Wildman–Crippen LogP) is 4.10. The molecule has 1 aliphatic heterocycles. The molecule has 6 rings (SSSR count). The van der Waals surface area contributed by atoms with Gasteiger partial charge in [0.1, 0.15) is 40.8 Å². The van der Waals surface area contributed by atoms with E-state index in [0.29, 0.717) is 28.1 Å². The zero-order valence-electron chi connectivity index (χ0n) is 34.2. The number of sulfonamides is 1. The molecular weight excluding hydrogens is 805 g/mol. The summed E-state index contributed by atoms with van der Waals surface area (Å²) in [4.78, 5) is 75.0. The number of ether oxygens (including phenoxy) is 3. The minimum atomic E-state index is -4.93. The highest BCUT2D eigenvalue weighted by atomic mass is 32.2. The molecule has 5 amide bonds. The highest BCUT2D eigenvalue weighted by Gasteiger charge is 2.61. The molecule has 3 aromatic carbocycles. The van der Waals surface area contributed by atoms with Crippen LogP contribution in [0.2, 0.25) is 0 Å². The standard InChI is InChI=1S/C44H48N6O10S/c1-7-28-24-44(28,45)41(54)50(61(56,57)31-17-13-10-14-18-31)40(53)36-22-30(26-49(36)39(52)35(25-46-38(51)8-2)48-42(55)60-43(3,4)5)59-37-23-33(27-15-11-9-12-16-27)47-34-21-29(58-6)19-20-32(34)37/h7-21,23,28,30,35-36H,1-2,22,24-26,45H2,3-6H3,(H,46,51)(H,48,55)/t28-,30?,35+,36+,44-/m1/s1. The van der Waals surface area contributed by atoms with E-state index >= 15 is 4.79 Å². The fourth-order valence-electron chi connectivity index (χ4n) is 7.02. The molecule has 320 valence electrons. The number of nitrogens with one attached hydrogen (secondary N) is 2. The number of hydrogen-bond donors (Lipinski definition) is 3. The van der Waals surface area contributed by atoms with E-state index in [4.69, 9.17) is 24.9 Å². The van der Waals surface area contributed by atoms with Gasteiger partial charge in [-0.1, -0.05) is 61.2 Å².